The monoisotopic (exact) mass is 254 g/mol. The van der Waals surface area contributed by atoms with Gasteiger partial charge in [-0.1, -0.05) is 0 Å². The molecule has 0 saturated heterocycles. The number of nitrogens with one attached hydrogen (secondary N) is 2. The summed E-state index contributed by atoms with van der Waals surface area (Å²) in [5, 5.41) is 5.31. The molecule has 0 bridgehead atoms. The number of benzene rings is 1. The lowest BCUT2D eigenvalue weighted by Crippen LogP contribution is -2.14. The summed E-state index contributed by atoms with van der Waals surface area (Å²) < 4.78 is 0. The highest BCUT2D eigenvalue weighted by Crippen LogP contribution is 2.24. The Labute approximate surface area is 108 Å². The standard InChI is InChI=1S/C13H10N4O2/c18-11-7-9-6-8(2-3-10(9)16-11)12(19)17-13-14-4-1-5-15-13/h1-6H,7H2,(H,16,18)(H,14,15,17,19). The number of amides is 2. The predicted molar refractivity (Wildman–Crippen MR) is 68.8 cm³/mol. The van der Waals surface area contributed by atoms with Gasteiger partial charge >= 0.3 is 0 Å². The number of hydrogen-bond donors (Lipinski definition) is 2. The van der Waals surface area contributed by atoms with Crippen LogP contribution >= 0.6 is 0 Å². The Morgan fingerprint density at radius 2 is 2.05 bits per heavy atom. The summed E-state index contributed by atoms with van der Waals surface area (Å²) in [5.41, 5.74) is 2.06. The molecule has 2 heterocycles. The lowest BCUT2D eigenvalue weighted by Gasteiger charge is -2.04. The average molecular weight is 254 g/mol. The molecule has 1 aliphatic rings. The van der Waals surface area contributed by atoms with Gasteiger partial charge in [-0.05, 0) is 29.8 Å². The van der Waals surface area contributed by atoms with Crippen LogP contribution in [0.5, 0.6) is 0 Å². The molecule has 0 aliphatic carbocycles. The van der Waals surface area contributed by atoms with Crippen LogP contribution in [0, 0.1) is 0 Å². The fraction of sp³-hybridized carbons (Fsp3) is 0.0769. The summed E-state index contributed by atoms with van der Waals surface area (Å²) >= 11 is 0. The van der Waals surface area contributed by atoms with Crippen LogP contribution in [0.3, 0.4) is 0 Å². The molecule has 1 aliphatic heterocycles. The van der Waals surface area contributed by atoms with E-state index in [9.17, 15) is 9.59 Å². The van der Waals surface area contributed by atoms with Gasteiger partial charge in [-0.25, -0.2) is 9.97 Å². The molecule has 1 aromatic carbocycles. The predicted octanol–water partition coefficient (Wildman–Crippen LogP) is 1.22. The quantitative estimate of drug-likeness (QED) is 0.844. The molecule has 94 valence electrons. The molecule has 3 rings (SSSR count). The highest BCUT2D eigenvalue weighted by Gasteiger charge is 2.19. The molecule has 2 amide bonds. The van der Waals surface area contributed by atoms with E-state index in [2.05, 4.69) is 20.6 Å². The topological polar surface area (TPSA) is 84.0 Å². The SMILES string of the molecule is O=C1Cc2cc(C(=O)Nc3ncccn3)ccc2N1. The maximum Gasteiger partial charge on any atom is 0.258 e. The van der Waals surface area contributed by atoms with Crippen molar-refractivity contribution >= 4 is 23.5 Å². The van der Waals surface area contributed by atoms with E-state index in [1.165, 1.54) is 0 Å². The van der Waals surface area contributed by atoms with Crippen molar-refractivity contribution < 1.29 is 9.59 Å². The summed E-state index contributed by atoms with van der Waals surface area (Å²) in [4.78, 5) is 31.1. The molecular formula is C13H10N4O2. The van der Waals surface area contributed by atoms with E-state index < -0.39 is 0 Å². The third-order valence-electron chi connectivity index (χ3n) is 2.78. The molecule has 6 nitrogen and oxygen atoms in total. The van der Waals surface area contributed by atoms with E-state index in [0.29, 0.717) is 12.0 Å². The summed E-state index contributed by atoms with van der Waals surface area (Å²) in [5.74, 6) is -0.102. The Hall–Kier alpha value is -2.76. The molecule has 0 saturated carbocycles. The van der Waals surface area contributed by atoms with E-state index in [1.54, 1.807) is 36.7 Å². The van der Waals surface area contributed by atoms with Crippen molar-refractivity contribution in [3.05, 3.63) is 47.8 Å². The fourth-order valence-corrected chi connectivity index (χ4v) is 1.91. The van der Waals surface area contributed by atoms with Gasteiger partial charge in [0.05, 0.1) is 6.42 Å². The molecule has 0 atom stereocenters. The Bertz CT molecular complexity index is 655. The first-order chi connectivity index (χ1) is 9.22. The van der Waals surface area contributed by atoms with Gasteiger partial charge in [0, 0.05) is 23.6 Å². The molecule has 1 aromatic heterocycles. The van der Waals surface area contributed by atoms with E-state index in [1.807, 2.05) is 0 Å². The summed E-state index contributed by atoms with van der Waals surface area (Å²) in [6.45, 7) is 0. The maximum atomic E-state index is 12.0. The fourth-order valence-electron chi connectivity index (χ4n) is 1.91. The zero-order chi connectivity index (χ0) is 13.2. The van der Waals surface area contributed by atoms with E-state index >= 15 is 0 Å². The van der Waals surface area contributed by atoms with Crippen LogP contribution in [0.25, 0.3) is 0 Å². The van der Waals surface area contributed by atoms with Crippen molar-refractivity contribution in [3.8, 4) is 0 Å². The summed E-state index contributed by atoms with van der Waals surface area (Å²) in [6, 6.07) is 6.75. The largest absolute Gasteiger partial charge is 0.326 e. The molecule has 19 heavy (non-hydrogen) atoms. The number of hydrogen-bond acceptors (Lipinski definition) is 4. The third-order valence-corrected chi connectivity index (χ3v) is 2.78. The van der Waals surface area contributed by atoms with E-state index in [-0.39, 0.29) is 17.8 Å². The number of rotatable bonds is 2. The van der Waals surface area contributed by atoms with Crippen LogP contribution in [0.4, 0.5) is 11.6 Å². The maximum absolute atomic E-state index is 12.0. The second-order valence-corrected chi connectivity index (χ2v) is 4.12. The first-order valence-corrected chi connectivity index (χ1v) is 5.73. The van der Waals surface area contributed by atoms with Gasteiger partial charge in [0.2, 0.25) is 11.9 Å². The molecule has 6 heteroatoms. The number of carbonyl (C=O) groups excluding carboxylic acids is 2. The van der Waals surface area contributed by atoms with Crippen LogP contribution in [-0.4, -0.2) is 21.8 Å². The minimum Gasteiger partial charge on any atom is -0.326 e. The molecule has 0 spiro atoms. The number of anilines is 2. The van der Waals surface area contributed by atoms with Gasteiger partial charge in [-0.2, -0.15) is 0 Å². The van der Waals surface area contributed by atoms with Crippen LogP contribution in [-0.2, 0) is 11.2 Å². The average Bonchev–Trinajstić information content (AvgIpc) is 2.78. The van der Waals surface area contributed by atoms with Crippen molar-refractivity contribution in [1.82, 2.24) is 9.97 Å². The van der Waals surface area contributed by atoms with Crippen LogP contribution in [0.2, 0.25) is 0 Å². The lowest BCUT2D eigenvalue weighted by molar-refractivity contribution is -0.115. The molecule has 0 fully saturated rings. The van der Waals surface area contributed by atoms with Crippen molar-refractivity contribution in [2.24, 2.45) is 0 Å². The van der Waals surface area contributed by atoms with Crippen molar-refractivity contribution in [2.75, 3.05) is 10.6 Å². The first-order valence-electron chi connectivity index (χ1n) is 5.73. The lowest BCUT2D eigenvalue weighted by atomic mass is 10.1. The van der Waals surface area contributed by atoms with Gasteiger partial charge < -0.3 is 5.32 Å². The van der Waals surface area contributed by atoms with E-state index in [4.69, 9.17) is 0 Å². The van der Waals surface area contributed by atoms with Gasteiger partial charge in [0.15, 0.2) is 0 Å². The van der Waals surface area contributed by atoms with Gasteiger partial charge in [-0.15, -0.1) is 0 Å². The van der Waals surface area contributed by atoms with Crippen molar-refractivity contribution in [1.29, 1.82) is 0 Å². The number of fused-ring (bicyclic) bond motifs is 1. The molecule has 2 aromatic rings. The van der Waals surface area contributed by atoms with Crippen LogP contribution in [0.1, 0.15) is 15.9 Å². The van der Waals surface area contributed by atoms with Crippen LogP contribution < -0.4 is 10.6 Å². The third kappa shape index (κ3) is 2.28. The van der Waals surface area contributed by atoms with E-state index in [0.717, 1.165) is 11.3 Å². The first kappa shape index (κ1) is 11.3. The Balaban J connectivity index is 1.82. The van der Waals surface area contributed by atoms with Gasteiger partial charge in [0.25, 0.3) is 5.91 Å². The van der Waals surface area contributed by atoms with Gasteiger partial charge in [0.1, 0.15) is 0 Å². The summed E-state index contributed by atoms with van der Waals surface area (Å²) in [6.07, 6.45) is 3.40. The zero-order valence-corrected chi connectivity index (χ0v) is 9.88. The Kier molecular flexibility index (Phi) is 2.68. The molecule has 2 N–H and O–H groups in total. The highest BCUT2D eigenvalue weighted by molar-refractivity contribution is 6.05. The Morgan fingerprint density at radius 3 is 2.84 bits per heavy atom. The number of nitrogens with zero attached hydrogens (tertiary/aromatic N) is 2. The van der Waals surface area contributed by atoms with Crippen molar-refractivity contribution in [3.63, 3.8) is 0 Å². The second kappa shape index (κ2) is 4.49. The molecule has 0 radical (unpaired) electrons. The normalized spacial score (nSPS) is 12.7. The summed E-state index contributed by atoms with van der Waals surface area (Å²) in [7, 11) is 0. The zero-order valence-electron chi connectivity index (χ0n) is 9.88. The highest BCUT2D eigenvalue weighted by atomic mass is 16.2. The minimum absolute atomic E-state index is 0.0565. The second-order valence-electron chi connectivity index (χ2n) is 4.12. The van der Waals surface area contributed by atoms with Gasteiger partial charge in [-0.3, -0.25) is 14.9 Å². The van der Waals surface area contributed by atoms with Crippen molar-refractivity contribution in [2.45, 2.75) is 6.42 Å². The van der Waals surface area contributed by atoms with Crippen LogP contribution in [0.15, 0.2) is 36.7 Å². The molecular weight excluding hydrogens is 244 g/mol. The smallest absolute Gasteiger partial charge is 0.258 e. The Morgan fingerprint density at radius 1 is 1.26 bits per heavy atom. The number of aromatic nitrogens is 2. The minimum atomic E-state index is -0.298. The number of carbonyl (C=O) groups is 2. The molecule has 0 unspecified atom stereocenters.